The van der Waals surface area contributed by atoms with Gasteiger partial charge in [0.05, 0.1) is 15.9 Å². The van der Waals surface area contributed by atoms with Crippen LogP contribution in [0.4, 0.5) is 0 Å². The number of hydrogen-bond donors (Lipinski definition) is 4. The topological polar surface area (TPSA) is 133 Å². The van der Waals surface area contributed by atoms with E-state index in [1.165, 1.54) is 36.4 Å². The molecule has 0 aliphatic heterocycles. The Kier molecular flexibility index (Phi) is 11.1. The van der Waals surface area contributed by atoms with Gasteiger partial charge >= 0.3 is 5.97 Å². The minimum absolute atomic E-state index is 0. The summed E-state index contributed by atoms with van der Waals surface area (Å²) in [7, 11) is -3.79. The van der Waals surface area contributed by atoms with Crippen molar-refractivity contribution in [1.29, 1.82) is 0 Å². The molecule has 0 fully saturated rings. The fourth-order valence-corrected chi connectivity index (χ4v) is 5.01. The second-order valence-electron chi connectivity index (χ2n) is 8.33. The number of carboxylic acids is 1. The first-order valence-electron chi connectivity index (χ1n) is 11.2. The number of rotatable bonds is 11. The Hall–Kier alpha value is -2.95. The van der Waals surface area contributed by atoms with Crippen molar-refractivity contribution >= 4 is 45.7 Å². The van der Waals surface area contributed by atoms with E-state index in [1.807, 2.05) is 13.0 Å². The fourth-order valence-electron chi connectivity index (χ4n) is 3.55. The second-order valence-corrected chi connectivity index (χ2v) is 10.7. The van der Waals surface area contributed by atoms with Crippen molar-refractivity contribution in [2.24, 2.45) is 0 Å². The van der Waals surface area contributed by atoms with Crippen LogP contribution in [0.2, 0.25) is 5.02 Å². The highest BCUT2D eigenvalue weighted by atomic mass is 35.5. The number of halogens is 2. The predicted molar refractivity (Wildman–Crippen MR) is 143 cm³/mol. The summed E-state index contributed by atoms with van der Waals surface area (Å²) in [5.41, 5.74) is 1.81. The molecule has 8 nitrogen and oxygen atoms in total. The molecule has 198 valence electrons. The molecule has 3 rings (SSSR count). The van der Waals surface area contributed by atoms with Crippen molar-refractivity contribution in [3.63, 3.8) is 0 Å². The maximum Gasteiger partial charge on any atom is 0.322 e. The maximum absolute atomic E-state index is 13.0. The van der Waals surface area contributed by atoms with Gasteiger partial charge in [0.1, 0.15) is 6.54 Å². The monoisotopic (exact) mass is 566 g/mol. The SMILES string of the molecule is C[C@H](Cc1ccc(S(=O)(=O)c2ccc(C(=O)NCC(=O)O)cc2)cc1)NC[C@H](O)c1cccc(Cl)c1.Cl. The van der Waals surface area contributed by atoms with Gasteiger partial charge in [0.25, 0.3) is 5.91 Å². The van der Waals surface area contributed by atoms with E-state index in [-0.39, 0.29) is 33.8 Å². The molecule has 37 heavy (non-hydrogen) atoms. The molecule has 3 aromatic rings. The van der Waals surface area contributed by atoms with Gasteiger partial charge in [-0.05, 0) is 73.0 Å². The summed E-state index contributed by atoms with van der Waals surface area (Å²) in [5.74, 6) is -1.78. The lowest BCUT2D eigenvalue weighted by atomic mass is 10.1. The number of carbonyl (C=O) groups is 2. The molecule has 0 aliphatic rings. The van der Waals surface area contributed by atoms with Crippen LogP contribution in [0.15, 0.2) is 82.6 Å². The minimum Gasteiger partial charge on any atom is -0.480 e. The first kappa shape index (κ1) is 30.3. The first-order chi connectivity index (χ1) is 17.1. The normalized spacial score (nSPS) is 12.7. The van der Waals surface area contributed by atoms with Crippen molar-refractivity contribution in [2.75, 3.05) is 13.1 Å². The van der Waals surface area contributed by atoms with Crippen LogP contribution in [-0.2, 0) is 21.1 Å². The zero-order valence-corrected chi connectivity index (χ0v) is 22.3. The molecule has 0 saturated carbocycles. The Morgan fingerprint density at radius 2 is 1.57 bits per heavy atom. The van der Waals surface area contributed by atoms with Crippen LogP contribution in [0, 0.1) is 0 Å². The van der Waals surface area contributed by atoms with E-state index >= 15 is 0 Å². The zero-order valence-electron chi connectivity index (χ0n) is 19.9. The van der Waals surface area contributed by atoms with Gasteiger partial charge in [-0.15, -0.1) is 12.4 Å². The molecule has 2 atom stereocenters. The van der Waals surface area contributed by atoms with E-state index < -0.39 is 34.4 Å². The van der Waals surface area contributed by atoms with Gasteiger partial charge in [-0.2, -0.15) is 0 Å². The summed E-state index contributed by atoms with van der Waals surface area (Å²) in [6.07, 6.45) is -0.0729. The number of aliphatic hydroxyl groups is 1. The zero-order chi connectivity index (χ0) is 26.3. The lowest BCUT2D eigenvalue weighted by molar-refractivity contribution is -0.135. The number of sulfone groups is 1. The van der Waals surface area contributed by atoms with Gasteiger partial charge in [0.15, 0.2) is 0 Å². The first-order valence-corrected chi connectivity index (χ1v) is 13.0. The van der Waals surface area contributed by atoms with Crippen molar-refractivity contribution in [2.45, 2.75) is 35.3 Å². The van der Waals surface area contributed by atoms with E-state index in [9.17, 15) is 23.1 Å². The van der Waals surface area contributed by atoms with Crippen molar-refractivity contribution < 1.29 is 28.2 Å². The smallest absolute Gasteiger partial charge is 0.322 e. The third kappa shape index (κ3) is 8.55. The van der Waals surface area contributed by atoms with Crippen LogP contribution in [0.3, 0.4) is 0 Å². The van der Waals surface area contributed by atoms with Crippen LogP contribution in [0.25, 0.3) is 0 Å². The number of benzene rings is 3. The molecule has 11 heteroatoms. The highest BCUT2D eigenvalue weighted by Crippen LogP contribution is 2.22. The highest BCUT2D eigenvalue weighted by molar-refractivity contribution is 7.91. The van der Waals surface area contributed by atoms with E-state index in [4.69, 9.17) is 16.7 Å². The van der Waals surface area contributed by atoms with Crippen molar-refractivity contribution in [3.8, 4) is 0 Å². The average Bonchev–Trinajstić information content (AvgIpc) is 2.86. The quantitative estimate of drug-likeness (QED) is 0.278. The van der Waals surface area contributed by atoms with Gasteiger partial charge in [0, 0.05) is 23.2 Å². The summed E-state index contributed by atoms with van der Waals surface area (Å²) in [6, 6.07) is 18.9. The molecule has 0 unspecified atom stereocenters. The maximum atomic E-state index is 13.0. The molecule has 0 saturated heterocycles. The summed E-state index contributed by atoms with van der Waals surface area (Å²) in [5, 5.41) is 25.1. The molecule has 4 N–H and O–H groups in total. The van der Waals surface area contributed by atoms with Gasteiger partial charge in [-0.1, -0.05) is 35.9 Å². The fraction of sp³-hybridized carbons (Fsp3) is 0.231. The Labute approximate surface area is 227 Å². The summed E-state index contributed by atoms with van der Waals surface area (Å²) in [6.45, 7) is 1.80. The Morgan fingerprint density at radius 1 is 0.973 bits per heavy atom. The van der Waals surface area contributed by atoms with Crippen LogP contribution >= 0.6 is 24.0 Å². The number of nitrogens with one attached hydrogen (secondary N) is 2. The number of amides is 1. The minimum atomic E-state index is -3.79. The summed E-state index contributed by atoms with van der Waals surface area (Å²) in [4.78, 5) is 22.6. The van der Waals surface area contributed by atoms with Crippen molar-refractivity contribution in [1.82, 2.24) is 10.6 Å². The largest absolute Gasteiger partial charge is 0.480 e. The standard InChI is InChI=1S/C26H27ClN2O6S.ClH/c1-17(28-15-24(30)20-3-2-4-21(27)14-20)13-18-5-9-22(10-6-18)36(34,35)23-11-7-19(8-12-23)26(33)29-16-25(31)32;/h2-12,14,17,24,28,30H,13,15-16H2,1H3,(H,29,33)(H,31,32);1H/t17-,24+;/m1./s1. The van der Waals surface area contributed by atoms with Gasteiger partial charge < -0.3 is 20.8 Å². The third-order valence-corrected chi connectivity index (χ3v) is 7.52. The molecular weight excluding hydrogens is 539 g/mol. The number of hydrogen-bond acceptors (Lipinski definition) is 6. The van der Waals surface area contributed by atoms with Crippen LogP contribution in [0.1, 0.15) is 34.5 Å². The Bertz CT molecular complexity index is 1320. The number of carboxylic acid groups (broad SMARTS) is 1. The van der Waals surface area contributed by atoms with Crippen molar-refractivity contribution in [3.05, 3.63) is 94.5 Å². The van der Waals surface area contributed by atoms with Crippen LogP contribution < -0.4 is 10.6 Å². The molecule has 1 amide bonds. The molecule has 0 spiro atoms. The van der Waals surface area contributed by atoms with Crippen LogP contribution in [-0.4, -0.2) is 49.6 Å². The number of aliphatic hydroxyl groups excluding tert-OH is 1. The van der Waals surface area contributed by atoms with E-state index in [0.29, 0.717) is 18.0 Å². The van der Waals surface area contributed by atoms with Gasteiger partial charge in [-0.25, -0.2) is 8.42 Å². The molecule has 0 heterocycles. The van der Waals surface area contributed by atoms with E-state index in [1.54, 1.807) is 30.3 Å². The average molecular weight is 567 g/mol. The third-order valence-electron chi connectivity index (χ3n) is 5.50. The Balaban J connectivity index is 0.00000481. The summed E-state index contributed by atoms with van der Waals surface area (Å²) < 4.78 is 25.9. The number of aliphatic carboxylic acids is 1. The molecule has 0 aromatic heterocycles. The molecular formula is C26H28Cl2N2O6S. The van der Waals surface area contributed by atoms with Crippen LogP contribution in [0.5, 0.6) is 0 Å². The number of carbonyl (C=O) groups excluding carboxylic acids is 1. The van der Waals surface area contributed by atoms with E-state index in [0.717, 1.165) is 11.1 Å². The molecule has 0 bridgehead atoms. The predicted octanol–water partition coefficient (Wildman–Crippen LogP) is 3.66. The molecule has 0 aliphatic carbocycles. The van der Waals surface area contributed by atoms with Gasteiger partial charge in [-0.3, -0.25) is 9.59 Å². The highest BCUT2D eigenvalue weighted by Gasteiger charge is 2.19. The second kappa shape index (κ2) is 13.6. The lowest BCUT2D eigenvalue weighted by Crippen LogP contribution is -2.32. The molecule has 0 radical (unpaired) electrons. The van der Waals surface area contributed by atoms with E-state index in [2.05, 4.69) is 10.6 Å². The summed E-state index contributed by atoms with van der Waals surface area (Å²) >= 11 is 5.98. The van der Waals surface area contributed by atoms with Gasteiger partial charge in [0.2, 0.25) is 9.84 Å². The molecule has 3 aromatic carbocycles. The Morgan fingerprint density at radius 3 is 2.14 bits per heavy atom. The lowest BCUT2D eigenvalue weighted by Gasteiger charge is -2.18.